The molecule has 0 spiro atoms. The minimum absolute atomic E-state index is 0.288. The molecule has 2 atom stereocenters. The molecule has 0 aliphatic carbocycles. The highest BCUT2D eigenvalue weighted by molar-refractivity contribution is 4.85. The number of nitrogens with one attached hydrogen (secondary N) is 1. The Labute approximate surface area is 102 Å². The molecule has 1 rings (SSSR count). The van der Waals surface area contributed by atoms with E-state index in [4.69, 9.17) is 0 Å². The summed E-state index contributed by atoms with van der Waals surface area (Å²) in [6.45, 7) is 16.4. The van der Waals surface area contributed by atoms with Crippen molar-refractivity contribution >= 4 is 0 Å². The van der Waals surface area contributed by atoms with Gasteiger partial charge < -0.3 is 5.32 Å². The summed E-state index contributed by atoms with van der Waals surface area (Å²) in [6.07, 6.45) is 2.64. The summed E-state index contributed by atoms with van der Waals surface area (Å²) in [6, 6.07) is 1.38. The van der Waals surface area contributed by atoms with Gasteiger partial charge >= 0.3 is 0 Å². The van der Waals surface area contributed by atoms with E-state index in [1.165, 1.54) is 25.9 Å². The first kappa shape index (κ1) is 14.0. The molecular formula is C14H30N2. The van der Waals surface area contributed by atoms with Crippen LogP contribution in [0.2, 0.25) is 0 Å². The number of hydrogen-bond donors (Lipinski definition) is 1. The maximum absolute atomic E-state index is 3.63. The van der Waals surface area contributed by atoms with Crippen molar-refractivity contribution in [2.24, 2.45) is 5.92 Å². The van der Waals surface area contributed by atoms with Gasteiger partial charge in [0, 0.05) is 24.2 Å². The van der Waals surface area contributed by atoms with Crippen molar-refractivity contribution in [1.82, 2.24) is 10.2 Å². The first-order chi connectivity index (χ1) is 7.32. The van der Waals surface area contributed by atoms with Gasteiger partial charge in [0.1, 0.15) is 0 Å². The molecular weight excluding hydrogens is 196 g/mol. The van der Waals surface area contributed by atoms with Gasteiger partial charge in [0.2, 0.25) is 0 Å². The fourth-order valence-electron chi connectivity index (χ4n) is 2.93. The average molecular weight is 226 g/mol. The maximum Gasteiger partial charge on any atom is 0.0127 e. The number of rotatable bonds is 4. The predicted molar refractivity (Wildman–Crippen MR) is 71.8 cm³/mol. The van der Waals surface area contributed by atoms with Crippen LogP contribution >= 0.6 is 0 Å². The average Bonchev–Trinajstić information content (AvgIpc) is 2.49. The fourth-order valence-corrected chi connectivity index (χ4v) is 2.93. The van der Waals surface area contributed by atoms with Crippen molar-refractivity contribution in [2.75, 3.05) is 13.1 Å². The lowest BCUT2D eigenvalue weighted by molar-refractivity contribution is 0.0925. The molecule has 0 aromatic rings. The minimum atomic E-state index is 0.288. The molecule has 0 amide bonds. The first-order valence-electron chi connectivity index (χ1n) is 6.82. The number of nitrogens with zero attached hydrogens (tertiary/aromatic N) is 1. The molecule has 1 saturated heterocycles. The van der Waals surface area contributed by atoms with Crippen LogP contribution in [0.1, 0.15) is 54.4 Å². The van der Waals surface area contributed by atoms with E-state index < -0.39 is 0 Å². The summed E-state index contributed by atoms with van der Waals surface area (Å²) in [4.78, 5) is 2.61. The molecule has 1 aliphatic heterocycles. The van der Waals surface area contributed by atoms with Crippen LogP contribution in [-0.4, -0.2) is 35.6 Å². The quantitative estimate of drug-likeness (QED) is 0.793. The topological polar surface area (TPSA) is 15.3 Å². The monoisotopic (exact) mass is 226 g/mol. The van der Waals surface area contributed by atoms with E-state index in [2.05, 4.69) is 51.8 Å². The summed E-state index contributed by atoms with van der Waals surface area (Å²) < 4.78 is 0. The van der Waals surface area contributed by atoms with Gasteiger partial charge in [-0.15, -0.1) is 0 Å². The molecule has 1 aliphatic rings. The molecule has 0 radical (unpaired) electrons. The standard InChI is InChI=1S/C14H30N2/c1-11(2)16(14(4,5)6)10-8-13-12(3)7-9-15-13/h11-13,15H,7-10H2,1-6H3. The smallest absolute Gasteiger partial charge is 0.0127 e. The predicted octanol–water partition coefficient (Wildman–Crippen LogP) is 2.88. The first-order valence-corrected chi connectivity index (χ1v) is 6.82. The van der Waals surface area contributed by atoms with E-state index in [-0.39, 0.29) is 5.54 Å². The Hall–Kier alpha value is -0.0800. The summed E-state index contributed by atoms with van der Waals surface area (Å²) in [5.74, 6) is 0.856. The van der Waals surface area contributed by atoms with E-state index in [9.17, 15) is 0 Å². The van der Waals surface area contributed by atoms with Crippen molar-refractivity contribution in [1.29, 1.82) is 0 Å². The fraction of sp³-hybridized carbons (Fsp3) is 1.00. The molecule has 2 nitrogen and oxygen atoms in total. The Bertz CT molecular complexity index is 205. The molecule has 96 valence electrons. The molecule has 16 heavy (non-hydrogen) atoms. The second-order valence-electron chi connectivity index (χ2n) is 6.57. The summed E-state index contributed by atoms with van der Waals surface area (Å²) in [5.41, 5.74) is 0.288. The van der Waals surface area contributed by atoms with Crippen molar-refractivity contribution in [2.45, 2.75) is 72.0 Å². The molecule has 1 N–H and O–H groups in total. The second-order valence-corrected chi connectivity index (χ2v) is 6.57. The van der Waals surface area contributed by atoms with E-state index in [0.717, 1.165) is 12.0 Å². The van der Waals surface area contributed by atoms with Crippen molar-refractivity contribution in [3.8, 4) is 0 Å². The molecule has 0 aromatic heterocycles. The van der Waals surface area contributed by atoms with E-state index in [0.29, 0.717) is 6.04 Å². The second kappa shape index (κ2) is 5.50. The van der Waals surface area contributed by atoms with Gasteiger partial charge in [-0.2, -0.15) is 0 Å². The van der Waals surface area contributed by atoms with Crippen LogP contribution in [0.4, 0.5) is 0 Å². The summed E-state index contributed by atoms with van der Waals surface area (Å²) >= 11 is 0. The zero-order chi connectivity index (χ0) is 12.3. The maximum atomic E-state index is 3.63. The Balaban J connectivity index is 2.44. The lowest BCUT2D eigenvalue weighted by Gasteiger charge is -2.39. The third-order valence-electron chi connectivity index (χ3n) is 3.86. The summed E-state index contributed by atoms with van der Waals surface area (Å²) in [7, 11) is 0. The van der Waals surface area contributed by atoms with Gasteiger partial charge in [-0.3, -0.25) is 4.90 Å². The van der Waals surface area contributed by atoms with E-state index in [1.54, 1.807) is 0 Å². The lowest BCUT2D eigenvalue weighted by atomic mass is 9.97. The highest BCUT2D eigenvalue weighted by atomic mass is 15.2. The third-order valence-corrected chi connectivity index (χ3v) is 3.86. The highest BCUT2D eigenvalue weighted by Crippen LogP contribution is 2.21. The minimum Gasteiger partial charge on any atom is -0.314 e. The Morgan fingerprint density at radius 1 is 1.31 bits per heavy atom. The van der Waals surface area contributed by atoms with Crippen LogP contribution in [0, 0.1) is 5.92 Å². The van der Waals surface area contributed by atoms with Crippen LogP contribution in [0.5, 0.6) is 0 Å². The van der Waals surface area contributed by atoms with E-state index in [1.807, 2.05) is 0 Å². The van der Waals surface area contributed by atoms with Gasteiger partial charge in [-0.05, 0) is 59.9 Å². The van der Waals surface area contributed by atoms with E-state index >= 15 is 0 Å². The largest absolute Gasteiger partial charge is 0.314 e. The third kappa shape index (κ3) is 3.74. The van der Waals surface area contributed by atoms with Crippen LogP contribution in [0.3, 0.4) is 0 Å². The molecule has 0 saturated carbocycles. The molecule has 0 bridgehead atoms. The van der Waals surface area contributed by atoms with Crippen molar-refractivity contribution in [3.63, 3.8) is 0 Å². The van der Waals surface area contributed by atoms with Gasteiger partial charge in [0.05, 0.1) is 0 Å². The Kier molecular flexibility index (Phi) is 4.81. The SMILES string of the molecule is CC1CCNC1CCN(C(C)C)C(C)(C)C. The summed E-state index contributed by atoms with van der Waals surface area (Å²) in [5, 5.41) is 3.63. The van der Waals surface area contributed by atoms with Crippen LogP contribution < -0.4 is 5.32 Å². The molecule has 0 aromatic carbocycles. The molecule has 1 fully saturated rings. The van der Waals surface area contributed by atoms with Crippen LogP contribution in [0.25, 0.3) is 0 Å². The molecule has 2 heteroatoms. The van der Waals surface area contributed by atoms with Gasteiger partial charge in [0.15, 0.2) is 0 Å². The van der Waals surface area contributed by atoms with Crippen molar-refractivity contribution in [3.05, 3.63) is 0 Å². The van der Waals surface area contributed by atoms with Gasteiger partial charge in [0.25, 0.3) is 0 Å². The van der Waals surface area contributed by atoms with Gasteiger partial charge in [-0.25, -0.2) is 0 Å². The molecule has 1 heterocycles. The van der Waals surface area contributed by atoms with Crippen LogP contribution in [-0.2, 0) is 0 Å². The van der Waals surface area contributed by atoms with Gasteiger partial charge in [-0.1, -0.05) is 6.92 Å². The Morgan fingerprint density at radius 3 is 2.31 bits per heavy atom. The lowest BCUT2D eigenvalue weighted by Crippen LogP contribution is -2.47. The zero-order valence-corrected chi connectivity index (χ0v) is 12.0. The van der Waals surface area contributed by atoms with Crippen LogP contribution in [0.15, 0.2) is 0 Å². The van der Waals surface area contributed by atoms with Crippen molar-refractivity contribution < 1.29 is 0 Å². The zero-order valence-electron chi connectivity index (χ0n) is 12.0. The Morgan fingerprint density at radius 2 is 1.94 bits per heavy atom. The number of hydrogen-bond acceptors (Lipinski definition) is 2. The molecule has 2 unspecified atom stereocenters. The normalized spacial score (nSPS) is 27.0. The highest BCUT2D eigenvalue weighted by Gasteiger charge is 2.27.